The van der Waals surface area contributed by atoms with Crippen molar-refractivity contribution < 1.29 is 28.6 Å². The molecule has 0 bridgehead atoms. The van der Waals surface area contributed by atoms with Gasteiger partial charge in [0.2, 0.25) is 0 Å². The van der Waals surface area contributed by atoms with E-state index in [1.807, 2.05) is 38.1 Å². The first-order valence-corrected chi connectivity index (χ1v) is 11.3. The monoisotopic (exact) mass is 473 g/mol. The zero-order valence-corrected chi connectivity index (χ0v) is 19.9. The van der Waals surface area contributed by atoms with Crippen LogP contribution in [0.5, 0.6) is 5.75 Å². The number of rotatable bonds is 7. The number of carbonyl (C=O) groups is 3. The summed E-state index contributed by atoms with van der Waals surface area (Å²) in [5.74, 6) is 0.289. The second-order valence-corrected chi connectivity index (χ2v) is 8.51. The average molecular weight is 474 g/mol. The fraction of sp³-hybridized carbons (Fsp3) is 0.250. The summed E-state index contributed by atoms with van der Waals surface area (Å²) in [4.78, 5) is 35.7. The lowest BCUT2D eigenvalue weighted by Gasteiger charge is -2.18. The predicted octanol–water partition coefficient (Wildman–Crippen LogP) is 5.10. The lowest BCUT2D eigenvalue weighted by atomic mass is 9.96. The Morgan fingerprint density at radius 2 is 1.54 bits per heavy atom. The van der Waals surface area contributed by atoms with Gasteiger partial charge < -0.3 is 24.3 Å². The van der Waals surface area contributed by atoms with Gasteiger partial charge in [0.15, 0.2) is 0 Å². The number of alkyl carbamates (subject to hydrolysis) is 1. The SMILES string of the molecule is COC(=O)Oc1cc(C)c(C[C@@H](C=O)NC(=O)OCC2c3ccccc3-c3ccccc32)c(C)c1. The van der Waals surface area contributed by atoms with Crippen LogP contribution in [0.25, 0.3) is 11.1 Å². The molecule has 0 saturated heterocycles. The highest BCUT2D eigenvalue weighted by atomic mass is 16.7. The summed E-state index contributed by atoms with van der Waals surface area (Å²) in [6.07, 6.45) is -0.479. The van der Waals surface area contributed by atoms with E-state index in [0.717, 1.165) is 38.9 Å². The number of aldehydes is 1. The Kier molecular flexibility index (Phi) is 7.15. The minimum Gasteiger partial charge on any atom is -0.449 e. The van der Waals surface area contributed by atoms with E-state index in [-0.39, 0.29) is 18.9 Å². The summed E-state index contributed by atoms with van der Waals surface area (Å²) in [5.41, 5.74) is 7.05. The molecule has 4 rings (SSSR count). The normalized spacial score (nSPS) is 12.8. The molecule has 1 aliphatic rings. The van der Waals surface area contributed by atoms with Crippen LogP contribution in [0.4, 0.5) is 9.59 Å². The first kappa shape index (κ1) is 24.0. The molecule has 0 spiro atoms. The molecular weight excluding hydrogens is 446 g/mol. The molecule has 0 aliphatic heterocycles. The molecule has 0 fully saturated rings. The minimum atomic E-state index is -0.806. The van der Waals surface area contributed by atoms with Crippen molar-refractivity contribution in [3.8, 4) is 16.9 Å². The second kappa shape index (κ2) is 10.4. The van der Waals surface area contributed by atoms with E-state index in [9.17, 15) is 14.4 Å². The number of aryl methyl sites for hydroxylation is 2. The van der Waals surface area contributed by atoms with Gasteiger partial charge in [-0.1, -0.05) is 48.5 Å². The summed E-state index contributed by atoms with van der Waals surface area (Å²) in [7, 11) is 1.24. The third kappa shape index (κ3) is 5.19. The van der Waals surface area contributed by atoms with Gasteiger partial charge in [-0.25, -0.2) is 9.59 Å². The van der Waals surface area contributed by atoms with E-state index in [2.05, 4.69) is 34.3 Å². The van der Waals surface area contributed by atoms with Crippen molar-refractivity contribution >= 4 is 18.5 Å². The van der Waals surface area contributed by atoms with Gasteiger partial charge in [-0.2, -0.15) is 0 Å². The molecule has 7 nitrogen and oxygen atoms in total. The van der Waals surface area contributed by atoms with Crippen molar-refractivity contribution in [2.45, 2.75) is 32.2 Å². The highest BCUT2D eigenvalue weighted by Gasteiger charge is 2.29. The first-order valence-electron chi connectivity index (χ1n) is 11.3. The fourth-order valence-electron chi connectivity index (χ4n) is 4.62. The lowest BCUT2D eigenvalue weighted by Crippen LogP contribution is -2.38. The molecule has 1 aliphatic carbocycles. The van der Waals surface area contributed by atoms with Crippen molar-refractivity contribution in [3.05, 3.63) is 88.5 Å². The van der Waals surface area contributed by atoms with Crippen LogP contribution < -0.4 is 10.1 Å². The number of fused-ring (bicyclic) bond motifs is 3. The number of carbonyl (C=O) groups excluding carboxylic acids is 3. The molecule has 3 aromatic rings. The smallest absolute Gasteiger partial charge is 0.449 e. The maximum absolute atomic E-state index is 12.6. The van der Waals surface area contributed by atoms with Gasteiger partial charge in [0.25, 0.3) is 0 Å². The Balaban J connectivity index is 1.40. The maximum atomic E-state index is 12.6. The molecular formula is C28H27NO6. The number of benzene rings is 3. The third-order valence-electron chi connectivity index (χ3n) is 6.27. The second-order valence-electron chi connectivity index (χ2n) is 8.51. The van der Waals surface area contributed by atoms with Crippen molar-refractivity contribution in [2.24, 2.45) is 0 Å². The number of amides is 1. The van der Waals surface area contributed by atoms with Crippen LogP contribution in [0, 0.1) is 13.8 Å². The van der Waals surface area contributed by atoms with Crippen LogP contribution in [0.2, 0.25) is 0 Å². The molecule has 35 heavy (non-hydrogen) atoms. The van der Waals surface area contributed by atoms with Gasteiger partial charge in [-0.3, -0.25) is 0 Å². The number of nitrogens with one attached hydrogen (secondary N) is 1. The van der Waals surface area contributed by atoms with Gasteiger partial charge in [0.05, 0.1) is 13.2 Å². The zero-order chi connectivity index (χ0) is 24.9. The average Bonchev–Trinajstić information content (AvgIpc) is 3.17. The van der Waals surface area contributed by atoms with E-state index in [1.165, 1.54) is 7.11 Å². The molecule has 0 aromatic heterocycles. The van der Waals surface area contributed by atoms with Gasteiger partial charge in [-0.05, 0) is 64.9 Å². The summed E-state index contributed by atoms with van der Waals surface area (Å²) in [5, 5.41) is 2.66. The van der Waals surface area contributed by atoms with Crippen LogP contribution in [0.3, 0.4) is 0 Å². The van der Waals surface area contributed by atoms with Crippen molar-refractivity contribution in [3.63, 3.8) is 0 Å². The highest BCUT2D eigenvalue weighted by Crippen LogP contribution is 2.44. The van der Waals surface area contributed by atoms with Gasteiger partial charge >= 0.3 is 12.2 Å². The van der Waals surface area contributed by atoms with E-state index in [1.54, 1.807) is 12.1 Å². The maximum Gasteiger partial charge on any atom is 0.513 e. The molecule has 1 N–H and O–H groups in total. The molecule has 7 heteroatoms. The van der Waals surface area contributed by atoms with Crippen LogP contribution in [0.1, 0.15) is 33.7 Å². The predicted molar refractivity (Wildman–Crippen MR) is 131 cm³/mol. The number of hydrogen-bond acceptors (Lipinski definition) is 6. The van der Waals surface area contributed by atoms with E-state index >= 15 is 0 Å². The quantitative estimate of drug-likeness (QED) is 0.292. The third-order valence-corrected chi connectivity index (χ3v) is 6.27. The number of hydrogen-bond donors (Lipinski definition) is 1. The van der Waals surface area contributed by atoms with Crippen molar-refractivity contribution in [1.29, 1.82) is 0 Å². The standard InChI is InChI=1S/C28H27NO6/c1-17-12-20(35-28(32)33-3)13-18(2)25(17)14-19(15-30)29-27(31)34-16-26-23-10-6-4-8-21(23)22-9-5-7-11-24(22)26/h4-13,15,19,26H,14,16H2,1-3H3,(H,29,31)/t19-/m0/s1. The Labute approximate surface area is 204 Å². The van der Waals surface area contributed by atoms with Crippen LogP contribution in [-0.4, -0.2) is 38.3 Å². The molecule has 0 heterocycles. The Morgan fingerprint density at radius 1 is 0.971 bits per heavy atom. The number of methoxy groups -OCH3 is 1. The topological polar surface area (TPSA) is 90.9 Å². The van der Waals surface area contributed by atoms with Gasteiger partial charge in [-0.15, -0.1) is 0 Å². The Hall–Kier alpha value is -4.13. The molecule has 0 radical (unpaired) electrons. The fourth-order valence-corrected chi connectivity index (χ4v) is 4.62. The summed E-state index contributed by atoms with van der Waals surface area (Å²) in [6, 6.07) is 18.8. The van der Waals surface area contributed by atoms with Crippen LogP contribution in [-0.2, 0) is 20.7 Å². The Morgan fingerprint density at radius 3 is 2.09 bits per heavy atom. The molecule has 0 saturated carbocycles. The first-order chi connectivity index (χ1) is 16.9. The molecule has 1 atom stereocenters. The molecule has 1 amide bonds. The van der Waals surface area contributed by atoms with E-state index in [0.29, 0.717) is 12.0 Å². The highest BCUT2D eigenvalue weighted by molar-refractivity contribution is 5.79. The molecule has 3 aromatic carbocycles. The summed E-state index contributed by atoms with van der Waals surface area (Å²) >= 11 is 0. The molecule has 180 valence electrons. The number of ether oxygens (including phenoxy) is 3. The van der Waals surface area contributed by atoms with Crippen molar-refractivity contribution in [2.75, 3.05) is 13.7 Å². The van der Waals surface area contributed by atoms with Gasteiger partial charge in [0, 0.05) is 12.3 Å². The Bertz CT molecular complexity index is 1200. The largest absolute Gasteiger partial charge is 0.513 e. The lowest BCUT2D eigenvalue weighted by molar-refractivity contribution is -0.109. The van der Waals surface area contributed by atoms with Gasteiger partial charge in [0.1, 0.15) is 18.6 Å². The van der Waals surface area contributed by atoms with E-state index < -0.39 is 18.3 Å². The molecule has 0 unspecified atom stereocenters. The zero-order valence-electron chi connectivity index (χ0n) is 19.9. The minimum absolute atomic E-state index is 0.0605. The summed E-state index contributed by atoms with van der Waals surface area (Å²) in [6.45, 7) is 3.87. The van der Waals surface area contributed by atoms with E-state index in [4.69, 9.17) is 9.47 Å². The van der Waals surface area contributed by atoms with Crippen molar-refractivity contribution in [1.82, 2.24) is 5.32 Å². The van der Waals surface area contributed by atoms with Crippen LogP contribution >= 0.6 is 0 Å². The van der Waals surface area contributed by atoms with Crippen LogP contribution in [0.15, 0.2) is 60.7 Å². The summed E-state index contributed by atoms with van der Waals surface area (Å²) < 4.78 is 15.2.